The van der Waals surface area contributed by atoms with Crippen LogP contribution in [0.15, 0.2) is 30.4 Å². The van der Waals surface area contributed by atoms with E-state index in [1.807, 2.05) is 12.2 Å². The summed E-state index contributed by atoms with van der Waals surface area (Å²) in [6.07, 6.45) is 4.26. The van der Waals surface area contributed by atoms with Crippen LogP contribution in [0.4, 0.5) is 14.5 Å². The number of carboxylic acid groups (broad SMARTS) is 1. The fourth-order valence-electron chi connectivity index (χ4n) is 3.33. The molecule has 4 atom stereocenters. The van der Waals surface area contributed by atoms with Crippen molar-refractivity contribution in [1.82, 2.24) is 0 Å². The van der Waals surface area contributed by atoms with Gasteiger partial charge in [0.15, 0.2) is 0 Å². The van der Waals surface area contributed by atoms with Crippen molar-refractivity contribution in [1.29, 1.82) is 0 Å². The van der Waals surface area contributed by atoms with Crippen LogP contribution in [0.5, 0.6) is 0 Å². The number of carbonyl (C=O) groups is 2. The molecule has 0 heterocycles. The van der Waals surface area contributed by atoms with Crippen LogP contribution in [0.2, 0.25) is 0 Å². The third-order valence-corrected chi connectivity index (χ3v) is 4.23. The normalized spacial score (nSPS) is 29.6. The molecule has 1 fully saturated rings. The summed E-state index contributed by atoms with van der Waals surface area (Å²) in [5.41, 5.74) is -0.268. The van der Waals surface area contributed by atoms with Gasteiger partial charge >= 0.3 is 5.97 Å². The Kier molecular flexibility index (Phi) is 3.23. The third kappa shape index (κ3) is 2.30. The molecule has 3 rings (SSSR count). The molecule has 110 valence electrons. The second kappa shape index (κ2) is 4.95. The number of allylic oxidation sites excluding steroid dienone is 2. The SMILES string of the molecule is O=C(O)[C@@H]1C2C=CC(C2)[C@@H]1C(=O)Nc1cc(F)ccc1F. The minimum Gasteiger partial charge on any atom is -0.481 e. The molecule has 6 heteroatoms. The lowest BCUT2D eigenvalue weighted by atomic mass is 9.82. The van der Waals surface area contributed by atoms with Gasteiger partial charge in [-0.05, 0) is 30.4 Å². The second-order valence-corrected chi connectivity index (χ2v) is 5.45. The van der Waals surface area contributed by atoms with E-state index in [1.165, 1.54) is 0 Å². The largest absolute Gasteiger partial charge is 0.481 e. The summed E-state index contributed by atoms with van der Waals surface area (Å²) in [4.78, 5) is 23.6. The number of rotatable bonds is 3. The van der Waals surface area contributed by atoms with Gasteiger partial charge in [-0.3, -0.25) is 9.59 Å². The molecule has 2 aliphatic carbocycles. The van der Waals surface area contributed by atoms with Gasteiger partial charge in [-0.2, -0.15) is 0 Å². The van der Waals surface area contributed by atoms with Gasteiger partial charge in [-0.15, -0.1) is 0 Å². The maximum atomic E-state index is 13.5. The molecular weight excluding hydrogens is 280 g/mol. The molecule has 1 aromatic carbocycles. The van der Waals surface area contributed by atoms with Gasteiger partial charge in [-0.1, -0.05) is 12.2 Å². The number of halogens is 2. The molecule has 1 saturated carbocycles. The Morgan fingerprint density at radius 1 is 1.14 bits per heavy atom. The van der Waals surface area contributed by atoms with Crippen LogP contribution in [0.1, 0.15) is 6.42 Å². The number of hydrogen-bond acceptors (Lipinski definition) is 2. The van der Waals surface area contributed by atoms with Gasteiger partial charge in [0.05, 0.1) is 17.5 Å². The summed E-state index contributed by atoms with van der Waals surface area (Å²) in [6, 6.07) is 2.75. The summed E-state index contributed by atoms with van der Waals surface area (Å²) in [5, 5.41) is 11.6. The summed E-state index contributed by atoms with van der Waals surface area (Å²) in [7, 11) is 0. The molecule has 0 aromatic heterocycles. The summed E-state index contributed by atoms with van der Waals surface area (Å²) in [5.74, 6) is -4.93. The summed E-state index contributed by atoms with van der Waals surface area (Å²) < 4.78 is 26.7. The Morgan fingerprint density at radius 2 is 1.81 bits per heavy atom. The van der Waals surface area contributed by atoms with Gasteiger partial charge < -0.3 is 10.4 Å². The van der Waals surface area contributed by atoms with Crippen molar-refractivity contribution in [3.63, 3.8) is 0 Å². The van der Waals surface area contributed by atoms with Gasteiger partial charge in [0.1, 0.15) is 11.6 Å². The minimum atomic E-state index is -1.04. The quantitative estimate of drug-likeness (QED) is 0.841. The van der Waals surface area contributed by atoms with Crippen LogP contribution in [-0.2, 0) is 9.59 Å². The predicted molar refractivity (Wildman–Crippen MR) is 70.3 cm³/mol. The van der Waals surface area contributed by atoms with E-state index in [-0.39, 0.29) is 17.5 Å². The molecule has 21 heavy (non-hydrogen) atoms. The first-order chi connectivity index (χ1) is 9.97. The van der Waals surface area contributed by atoms with E-state index in [1.54, 1.807) is 0 Å². The summed E-state index contributed by atoms with van der Waals surface area (Å²) >= 11 is 0. The second-order valence-electron chi connectivity index (χ2n) is 5.45. The van der Waals surface area contributed by atoms with Crippen LogP contribution in [-0.4, -0.2) is 17.0 Å². The Morgan fingerprint density at radius 3 is 2.48 bits per heavy atom. The van der Waals surface area contributed by atoms with E-state index in [9.17, 15) is 23.5 Å². The predicted octanol–water partition coefficient (Wildman–Crippen LogP) is 2.43. The maximum absolute atomic E-state index is 13.5. The van der Waals surface area contributed by atoms with E-state index in [2.05, 4.69) is 5.32 Å². The number of amides is 1. The molecule has 0 spiro atoms. The molecule has 2 unspecified atom stereocenters. The van der Waals surface area contributed by atoms with Crippen LogP contribution in [0.25, 0.3) is 0 Å². The molecule has 0 saturated heterocycles. The van der Waals surface area contributed by atoms with E-state index in [0.717, 1.165) is 18.2 Å². The van der Waals surface area contributed by atoms with Crippen molar-refractivity contribution in [2.24, 2.45) is 23.7 Å². The molecule has 2 N–H and O–H groups in total. The molecule has 1 aromatic rings. The first-order valence-corrected chi connectivity index (χ1v) is 6.64. The van der Waals surface area contributed by atoms with Crippen LogP contribution >= 0.6 is 0 Å². The monoisotopic (exact) mass is 293 g/mol. The van der Waals surface area contributed by atoms with E-state index in [0.29, 0.717) is 6.42 Å². The maximum Gasteiger partial charge on any atom is 0.307 e. The first-order valence-electron chi connectivity index (χ1n) is 6.64. The lowest BCUT2D eigenvalue weighted by Crippen LogP contribution is -2.36. The zero-order chi connectivity index (χ0) is 15.1. The molecule has 4 nitrogen and oxygen atoms in total. The average Bonchev–Trinajstić information content (AvgIpc) is 3.03. The number of carbonyl (C=O) groups excluding carboxylic acids is 1. The van der Waals surface area contributed by atoms with Crippen molar-refractivity contribution in [3.8, 4) is 0 Å². The van der Waals surface area contributed by atoms with E-state index >= 15 is 0 Å². The fraction of sp³-hybridized carbons (Fsp3) is 0.333. The van der Waals surface area contributed by atoms with Gasteiger partial charge in [0.2, 0.25) is 5.91 Å². The Bertz CT molecular complexity index is 644. The van der Waals surface area contributed by atoms with Crippen molar-refractivity contribution in [2.45, 2.75) is 6.42 Å². The van der Waals surface area contributed by atoms with Gasteiger partial charge in [0.25, 0.3) is 0 Å². The zero-order valence-electron chi connectivity index (χ0n) is 10.9. The highest BCUT2D eigenvalue weighted by molar-refractivity contribution is 5.96. The Hall–Kier alpha value is -2.24. The molecule has 0 radical (unpaired) electrons. The number of carboxylic acids is 1. The smallest absolute Gasteiger partial charge is 0.307 e. The summed E-state index contributed by atoms with van der Waals surface area (Å²) in [6.45, 7) is 0. The van der Waals surface area contributed by atoms with Gasteiger partial charge in [0, 0.05) is 6.07 Å². The number of aliphatic carboxylic acids is 1. The third-order valence-electron chi connectivity index (χ3n) is 4.23. The standard InChI is InChI=1S/C15H13F2NO3/c16-9-3-4-10(17)11(6-9)18-14(19)12-7-1-2-8(5-7)13(12)15(20)21/h1-4,6-8,12-13H,5H2,(H,18,19)(H,20,21)/t7?,8?,12-,13+/m0/s1. The lowest BCUT2D eigenvalue weighted by Gasteiger charge is -2.23. The van der Waals surface area contributed by atoms with Crippen LogP contribution in [0, 0.1) is 35.3 Å². The first kappa shape index (κ1) is 13.7. The van der Waals surface area contributed by atoms with E-state index < -0.39 is 35.3 Å². The molecule has 2 aliphatic rings. The van der Waals surface area contributed by atoms with Crippen molar-refractivity contribution in [2.75, 3.05) is 5.32 Å². The Labute approximate surface area is 119 Å². The van der Waals surface area contributed by atoms with E-state index in [4.69, 9.17) is 0 Å². The van der Waals surface area contributed by atoms with Gasteiger partial charge in [-0.25, -0.2) is 8.78 Å². The number of benzene rings is 1. The number of anilines is 1. The van der Waals surface area contributed by atoms with Crippen LogP contribution in [0.3, 0.4) is 0 Å². The van der Waals surface area contributed by atoms with Crippen LogP contribution < -0.4 is 5.32 Å². The topological polar surface area (TPSA) is 66.4 Å². The number of fused-ring (bicyclic) bond motifs is 2. The molecule has 0 aliphatic heterocycles. The zero-order valence-corrected chi connectivity index (χ0v) is 10.9. The molecule has 2 bridgehead atoms. The fourth-order valence-corrected chi connectivity index (χ4v) is 3.33. The number of nitrogens with one attached hydrogen (secondary N) is 1. The van der Waals surface area contributed by atoms with Crippen molar-refractivity contribution >= 4 is 17.6 Å². The van der Waals surface area contributed by atoms with Crippen molar-refractivity contribution < 1.29 is 23.5 Å². The van der Waals surface area contributed by atoms with Crippen molar-refractivity contribution in [3.05, 3.63) is 42.0 Å². The average molecular weight is 293 g/mol. The molecule has 1 amide bonds. The number of hydrogen-bond donors (Lipinski definition) is 2. The highest BCUT2D eigenvalue weighted by atomic mass is 19.1. The minimum absolute atomic E-state index is 0.160. The highest BCUT2D eigenvalue weighted by Crippen LogP contribution is 2.48. The Balaban J connectivity index is 1.83. The molecular formula is C15H13F2NO3. The highest BCUT2D eigenvalue weighted by Gasteiger charge is 2.51. The lowest BCUT2D eigenvalue weighted by molar-refractivity contribution is -0.146.